The Morgan fingerprint density at radius 1 is 1.25 bits per heavy atom. The van der Waals surface area contributed by atoms with Gasteiger partial charge in [-0.15, -0.1) is 0 Å². The van der Waals surface area contributed by atoms with E-state index < -0.39 is 28.6 Å². The van der Waals surface area contributed by atoms with Crippen LogP contribution in [0.1, 0.15) is 13.3 Å². The van der Waals surface area contributed by atoms with E-state index >= 15 is 0 Å². The molecule has 1 saturated carbocycles. The van der Waals surface area contributed by atoms with Crippen molar-refractivity contribution in [3.05, 3.63) is 36.0 Å². The van der Waals surface area contributed by atoms with Crippen molar-refractivity contribution >= 4 is 11.5 Å². The van der Waals surface area contributed by atoms with Gasteiger partial charge in [-0.3, -0.25) is 9.79 Å². The van der Waals surface area contributed by atoms with Crippen LogP contribution >= 0.6 is 0 Å². The molecule has 3 aliphatic carbocycles. The van der Waals surface area contributed by atoms with Crippen LogP contribution in [-0.2, 0) is 19.0 Å². The number of fused-ring (bicyclic) bond motifs is 1. The Bertz CT molecular complexity index is 1040. The molecule has 0 aromatic heterocycles. The Hall–Kier alpha value is -2.48. The van der Waals surface area contributed by atoms with E-state index in [1.165, 1.54) is 26.4 Å². The van der Waals surface area contributed by atoms with Crippen LogP contribution in [0.15, 0.2) is 40.9 Å². The first-order chi connectivity index (χ1) is 13.4. The molecule has 5 atom stereocenters. The summed E-state index contributed by atoms with van der Waals surface area (Å²) in [6.45, 7) is 2.00. The lowest BCUT2D eigenvalue weighted by Crippen LogP contribution is -2.73. The van der Waals surface area contributed by atoms with Gasteiger partial charge in [-0.1, -0.05) is 30.6 Å². The monoisotopic (exact) mass is 377 g/mol. The number of carbonyl (C=O) groups is 1. The Balaban J connectivity index is 1.89. The third-order valence-electron chi connectivity index (χ3n) is 6.60. The van der Waals surface area contributed by atoms with Gasteiger partial charge in [0.15, 0.2) is 11.4 Å². The molecule has 5 aliphatic rings. The molecule has 2 aliphatic heterocycles. The van der Waals surface area contributed by atoms with Crippen LogP contribution in [0.5, 0.6) is 0 Å². The topological polar surface area (TPSA) is 80.7 Å². The zero-order chi connectivity index (χ0) is 19.8. The Kier molecular flexibility index (Phi) is 3.34. The first-order valence-corrected chi connectivity index (χ1v) is 9.15. The molecule has 5 rings (SSSR count). The van der Waals surface area contributed by atoms with Crippen molar-refractivity contribution in [2.75, 3.05) is 14.2 Å². The zero-order valence-corrected chi connectivity index (χ0v) is 15.8. The molecule has 0 amide bonds. The van der Waals surface area contributed by atoms with Crippen LogP contribution in [0.25, 0.3) is 0 Å². The predicted octanol–water partition coefficient (Wildman–Crippen LogP) is 0.719. The normalized spacial score (nSPS) is 44.4. The van der Waals surface area contributed by atoms with Crippen molar-refractivity contribution in [2.24, 2.45) is 10.9 Å². The molecule has 4 bridgehead atoms. The van der Waals surface area contributed by atoms with E-state index in [9.17, 15) is 9.90 Å². The standard InChI is InChI=1S/C22H19NO5/c1-14-13-20(26-2,27-3)19(25)11-7-5-4-6-8-18-21(14)22(19,28-21)16-12-15(24)9-10-17(16)23-18/h4-5,9-10,12,14,18,25H,13H2,1-3H3/b5-4-. The predicted molar refractivity (Wildman–Crippen MR) is 100 cm³/mol. The van der Waals surface area contributed by atoms with Gasteiger partial charge in [0.1, 0.15) is 11.6 Å². The summed E-state index contributed by atoms with van der Waals surface area (Å²) in [7, 11) is 2.96. The number of epoxide rings is 1. The lowest BCUT2D eigenvalue weighted by molar-refractivity contribution is -0.310. The fourth-order valence-corrected chi connectivity index (χ4v) is 5.35. The van der Waals surface area contributed by atoms with Gasteiger partial charge in [0, 0.05) is 26.2 Å². The Morgan fingerprint density at radius 3 is 2.75 bits per heavy atom. The molecule has 1 saturated heterocycles. The quantitative estimate of drug-likeness (QED) is 0.332. The SMILES string of the molecule is COC1(OC)CC(C)C23OC24C2=CC(=O)C=CC2=NC3C#C/C=C\C#CC14O. The zero-order valence-electron chi connectivity index (χ0n) is 15.8. The summed E-state index contributed by atoms with van der Waals surface area (Å²) in [6.07, 6.45) is 8.06. The van der Waals surface area contributed by atoms with Crippen molar-refractivity contribution in [1.29, 1.82) is 0 Å². The highest BCUT2D eigenvalue weighted by Crippen LogP contribution is 2.73. The van der Waals surface area contributed by atoms with Crippen LogP contribution in [0.4, 0.5) is 0 Å². The molecular weight excluding hydrogens is 358 g/mol. The number of allylic oxidation sites excluding steroid dienone is 5. The molecule has 0 spiro atoms. The number of aliphatic hydroxyl groups is 1. The number of methoxy groups -OCH3 is 2. The van der Waals surface area contributed by atoms with E-state index in [4.69, 9.17) is 19.2 Å². The second-order valence-corrected chi connectivity index (χ2v) is 7.66. The lowest BCUT2D eigenvalue weighted by Gasteiger charge is -2.53. The van der Waals surface area contributed by atoms with Crippen molar-refractivity contribution in [3.63, 3.8) is 0 Å². The van der Waals surface area contributed by atoms with Crippen LogP contribution in [0.2, 0.25) is 0 Å². The van der Waals surface area contributed by atoms with Crippen LogP contribution in [0, 0.1) is 29.6 Å². The smallest absolute Gasteiger partial charge is 0.216 e. The molecule has 0 aromatic rings. The van der Waals surface area contributed by atoms with Crippen molar-refractivity contribution in [2.45, 2.75) is 42.0 Å². The Morgan fingerprint density at radius 2 is 2.00 bits per heavy atom. The summed E-state index contributed by atoms with van der Waals surface area (Å²) < 4.78 is 18.0. The van der Waals surface area contributed by atoms with E-state index in [1.807, 2.05) is 6.92 Å². The number of ether oxygens (including phenoxy) is 3. The first kappa shape index (κ1) is 17.6. The average molecular weight is 377 g/mol. The summed E-state index contributed by atoms with van der Waals surface area (Å²) in [5.41, 5.74) is -3.07. The fraction of sp³-hybridized carbons (Fsp3) is 0.455. The lowest BCUT2D eigenvalue weighted by atomic mass is 9.55. The summed E-state index contributed by atoms with van der Waals surface area (Å²) in [5.74, 6) is 10.1. The van der Waals surface area contributed by atoms with Gasteiger partial charge in [-0.2, -0.15) is 0 Å². The third-order valence-corrected chi connectivity index (χ3v) is 6.60. The number of ketones is 1. The summed E-state index contributed by atoms with van der Waals surface area (Å²) in [4.78, 5) is 17.0. The highest BCUT2D eigenvalue weighted by atomic mass is 16.7. The van der Waals surface area contributed by atoms with Crippen LogP contribution in [0.3, 0.4) is 0 Å². The molecule has 2 fully saturated rings. The minimum absolute atomic E-state index is 0.135. The number of aliphatic imine (C=N–C) groups is 1. The molecule has 28 heavy (non-hydrogen) atoms. The van der Waals surface area contributed by atoms with Gasteiger partial charge < -0.3 is 19.3 Å². The van der Waals surface area contributed by atoms with Gasteiger partial charge >= 0.3 is 0 Å². The van der Waals surface area contributed by atoms with Gasteiger partial charge in [0.05, 0.1) is 5.71 Å². The highest BCUT2D eigenvalue weighted by molar-refractivity contribution is 6.22. The summed E-state index contributed by atoms with van der Waals surface area (Å²) in [6, 6.07) is -0.518. The van der Waals surface area contributed by atoms with Gasteiger partial charge in [-0.25, -0.2) is 0 Å². The summed E-state index contributed by atoms with van der Waals surface area (Å²) in [5, 5.41) is 12.1. The minimum atomic E-state index is -1.88. The maximum Gasteiger partial charge on any atom is 0.216 e. The average Bonchev–Trinajstić information content (AvgIpc) is 3.42. The number of hydrogen-bond acceptors (Lipinski definition) is 6. The molecule has 5 unspecified atom stereocenters. The number of carbonyl (C=O) groups excluding carboxylic acids is 1. The molecule has 2 heterocycles. The number of nitrogens with zero attached hydrogens (tertiary/aromatic N) is 1. The molecule has 0 aromatic carbocycles. The Labute approximate surface area is 162 Å². The maximum atomic E-state index is 12.2. The van der Waals surface area contributed by atoms with E-state index in [0.29, 0.717) is 17.7 Å². The van der Waals surface area contributed by atoms with E-state index in [0.717, 1.165) is 0 Å². The van der Waals surface area contributed by atoms with E-state index in [2.05, 4.69) is 23.7 Å². The van der Waals surface area contributed by atoms with Crippen molar-refractivity contribution in [1.82, 2.24) is 0 Å². The van der Waals surface area contributed by atoms with Gasteiger partial charge in [0.25, 0.3) is 0 Å². The largest absolute Gasteiger partial charge is 0.370 e. The highest BCUT2D eigenvalue weighted by Gasteiger charge is 2.92. The van der Waals surface area contributed by atoms with Crippen LogP contribution in [-0.4, -0.2) is 59.5 Å². The molecule has 1 N–H and O–H groups in total. The van der Waals surface area contributed by atoms with E-state index in [-0.39, 0.29) is 11.7 Å². The van der Waals surface area contributed by atoms with Crippen LogP contribution < -0.4 is 0 Å². The molecule has 6 heteroatoms. The fourth-order valence-electron chi connectivity index (χ4n) is 5.35. The molecular formula is C22H19NO5. The third kappa shape index (κ3) is 1.67. The second-order valence-electron chi connectivity index (χ2n) is 7.66. The molecule has 142 valence electrons. The van der Waals surface area contributed by atoms with Gasteiger partial charge in [0.2, 0.25) is 11.4 Å². The number of hydrogen-bond donors (Lipinski definition) is 1. The van der Waals surface area contributed by atoms with Crippen molar-refractivity contribution < 1.29 is 24.1 Å². The minimum Gasteiger partial charge on any atom is -0.370 e. The first-order valence-electron chi connectivity index (χ1n) is 9.15. The molecule has 0 radical (unpaired) electrons. The van der Waals surface area contributed by atoms with Crippen molar-refractivity contribution in [3.8, 4) is 23.7 Å². The van der Waals surface area contributed by atoms with Gasteiger partial charge in [-0.05, 0) is 36.3 Å². The summed E-state index contributed by atoms with van der Waals surface area (Å²) >= 11 is 0. The second kappa shape index (κ2) is 5.31. The maximum absolute atomic E-state index is 12.2. The number of rotatable bonds is 2. The van der Waals surface area contributed by atoms with E-state index in [1.54, 1.807) is 18.2 Å². The molecule has 6 nitrogen and oxygen atoms in total.